The minimum atomic E-state index is -1.22. The molecular formula is C12H15NO6. The van der Waals surface area contributed by atoms with E-state index in [2.05, 4.69) is 4.74 Å². The second kappa shape index (κ2) is 4.56. The summed E-state index contributed by atoms with van der Waals surface area (Å²) in [5, 5.41) is 18.5. The van der Waals surface area contributed by atoms with Crippen molar-refractivity contribution in [3.05, 3.63) is 12.2 Å². The fourth-order valence-corrected chi connectivity index (χ4v) is 3.13. The van der Waals surface area contributed by atoms with Gasteiger partial charge in [-0.2, -0.15) is 0 Å². The Morgan fingerprint density at radius 2 is 1.68 bits per heavy atom. The second-order valence-electron chi connectivity index (χ2n) is 4.80. The molecule has 1 fully saturated rings. The Hall–Kier alpha value is -2.05. The molecule has 0 saturated carbocycles. The van der Waals surface area contributed by atoms with E-state index < -0.39 is 47.9 Å². The van der Waals surface area contributed by atoms with Crippen molar-refractivity contribution in [3.8, 4) is 0 Å². The molecule has 0 unspecified atom stereocenters. The van der Waals surface area contributed by atoms with Crippen LogP contribution in [0.25, 0.3) is 0 Å². The smallest absolute Gasteiger partial charge is 0.410 e. The van der Waals surface area contributed by atoms with Crippen molar-refractivity contribution in [2.75, 3.05) is 7.11 Å². The van der Waals surface area contributed by atoms with Gasteiger partial charge in [-0.25, -0.2) is 4.79 Å². The first-order chi connectivity index (χ1) is 8.90. The minimum absolute atomic E-state index is 0.404. The lowest BCUT2D eigenvalue weighted by Gasteiger charge is -2.51. The van der Waals surface area contributed by atoms with Gasteiger partial charge in [-0.1, -0.05) is 12.2 Å². The van der Waals surface area contributed by atoms with Crippen LogP contribution in [0.4, 0.5) is 4.79 Å². The molecule has 19 heavy (non-hydrogen) atoms. The van der Waals surface area contributed by atoms with Crippen LogP contribution in [0.1, 0.15) is 6.92 Å². The van der Waals surface area contributed by atoms with E-state index in [1.165, 1.54) is 12.0 Å². The average Bonchev–Trinajstić information content (AvgIpc) is 2.37. The highest BCUT2D eigenvalue weighted by atomic mass is 16.5. The second-order valence-corrected chi connectivity index (χ2v) is 4.80. The van der Waals surface area contributed by atoms with Crippen LogP contribution >= 0.6 is 0 Å². The first kappa shape index (κ1) is 13.4. The van der Waals surface area contributed by atoms with Gasteiger partial charge in [0.1, 0.15) is 0 Å². The molecule has 1 amide bonds. The number of ether oxygens (including phenoxy) is 1. The SMILES string of the molecule is COC(=O)N1[C@H](C)[C@H]2C=C[C@H]1[C@@H](C(=O)O)[C@@H]2C(=O)O. The van der Waals surface area contributed by atoms with Gasteiger partial charge in [-0.05, 0) is 6.92 Å². The molecule has 7 heteroatoms. The lowest BCUT2D eigenvalue weighted by molar-refractivity contribution is -0.164. The maximum Gasteiger partial charge on any atom is 0.410 e. The summed E-state index contributed by atoms with van der Waals surface area (Å²) >= 11 is 0. The van der Waals surface area contributed by atoms with Crippen molar-refractivity contribution in [1.29, 1.82) is 0 Å². The predicted molar refractivity (Wildman–Crippen MR) is 62.4 cm³/mol. The number of carbonyl (C=O) groups is 3. The molecule has 0 aromatic heterocycles. The molecular weight excluding hydrogens is 254 g/mol. The van der Waals surface area contributed by atoms with Crippen molar-refractivity contribution in [1.82, 2.24) is 4.90 Å². The maximum absolute atomic E-state index is 11.7. The number of piperidine rings is 1. The van der Waals surface area contributed by atoms with E-state index in [1.807, 2.05) is 0 Å². The van der Waals surface area contributed by atoms with E-state index in [-0.39, 0.29) is 0 Å². The molecule has 5 atom stereocenters. The highest BCUT2D eigenvalue weighted by Crippen LogP contribution is 2.43. The van der Waals surface area contributed by atoms with Crippen LogP contribution < -0.4 is 0 Å². The predicted octanol–water partition coefficient (Wildman–Crippen LogP) is 0.413. The fraction of sp³-hybridized carbons (Fsp3) is 0.583. The molecule has 0 aromatic rings. The van der Waals surface area contributed by atoms with Gasteiger partial charge in [0, 0.05) is 12.0 Å². The zero-order chi connectivity index (χ0) is 14.3. The number of methoxy groups -OCH3 is 1. The number of carbonyl (C=O) groups excluding carboxylic acids is 1. The van der Waals surface area contributed by atoms with Crippen LogP contribution in [0.3, 0.4) is 0 Å². The number of hydrogen-bond acceptors (Lipinski definition) is 4. The largest absolute Gasteiger partial charge is 0.481 e. The van der Waals surface area contributed by atoms with Crippen LogP contribution in [0, 0.1) is 17.8 Å². The molecule has 1 aliphatic carbocycles. The summed E-state index contributed by atoms with van der Waals surface area (Å²) in [7, 11) is 1.21. The zero-order valence-electron chi connectivity index (χ0n) is 10.5. The molecule has 2 aliphatic heterocycles. The van der Waals surface area contributed by atoms with Gasteiger partial charge >= 0.3 is 18.0 Å². The van der Waals surface area contributed by atoms with E-state index in [9.17, 15) is 24.6 Å². The average molecular weight is 269 g/mol. The van der Waals surface area contributed by atoms with Gasteiger partial charge in [0.05, 0.1) is 25.0 Å². The van der Waals surface area contributed by atoms with Crippen LogP contribution in [-0.4, -0.2) is 52.3 Å². The lowest BCUT2D eigenvalue weighted by Crippen LogP contribution is -2.64. The van der Waals surface area contributed by atoms with Crippen molar-refractivity contribution in [2.45, 2.75) is 19.0 Å². The van der Waals surface area contributed by atoms with Gasteiger partial charge in [-0.3, -0.25) is 14.5 Å². The maximum atomic E-state index is 11.7. The van der Waals surface area contributed by atoms with Crippen molar-refractivity contribution in [3.63, 3.8) is 0 Å². The third-order valence-corrected chi connectivity index (χ3v) is 3.97. The Kier molecular flexibility index (Phi) is 3.21. The van der Waals surface area contributed by atoms with Crippen LogP contribution in [-0.2, 0) is 14.3 Å². The standard InChI is InChI=1S/C12H15NO6/c1-5-6-3-4-7(13(5)12(18)19-2)9(11(16)17)8(6)10(14)15/h3-9H,1-2H3,(H,14,15)(H,16,17)/t5-,6-,7+,8-,9-/m1/s1. The number of fused-ring (bicyclic) bond motifs is 2. The van der Waals surface area contributed by atoms with Crippen molar-refractivity contribution < 1.29 is 29.3 Å². The number of amides is 1. The monoisotopic (exact) mass is 269 g/mol. The number of carboxylic acid groups (broad SMARTS) is 2. The van der Waals surface area contributed by atoms with Gasteiger partial charge in [0.2, 0.25) is 0 Å². The summed E-state index contributed by atoms with van der Waals surface area (Å²) in [6.07, 6.45) is 2.63. The van der Waals surface area contributed by atoms with Gasteiger partial charge in [0.25, 0.3) is 0 Å². The number of rotatable bonds is 2. The molecule has 0 spiro atoms. The number of nitrogens with zero attached hydrogens (tertiary/aromatic N) is 1. The highest BCUT2D eigenvalue weighted by molar-refractivity contribution is 5.84. The summed E-state index contributed by atoms with van der Waals surface area (Å²) in [5.74, 6) is -5.07. The Morgan fingerprint density at radius 3 is 2.16 bits per heavy atom. The molecule has 0 radical (unpaired) electrons. The van der Waals surface area contributed by atoms with E-state index in [1.54, 1.807) is 19.1 Å². The van der Waals surface area contributed by atoms with Crippen molar-refractivity contribution >= 4 is 18.0 Å². The van der Waals surface area contributed by atoms with E-state index >= 15 is 0 Å². The topological polar surface area (TPSA) is 104 Å². The molecule has 2 heterocycles. The summed E-state index contributed by atoms with van der Waals surface area (Å²) in [6.45, 7) is 1.70. The molecule has 3 aliphatic rings. The third-order valence-electron chi connectivity index (χ3n) is 3.97. The van der Waals surface area contributed by atoms with E-state index in [4.69, 9.17) is 0 Å². The van der Waals surface area contributed by atoms with Crippen molar-refractivity contribution in [2.24, 2.45) is 17.8 Å². The Morgan fingerprint density at radius 1 is 1.11 bits per heavy atom. The van der Waals surface area contributed by atoms with Gasteiger partial charge in [0.15, 0.2) is 0 Å². The third kappa shape index (κ3) is 1.85. The summed E-state index contributed by atoms with van der Waals surface area (Å²) in [4.78, 5) is 35.7. The Bertz CT molecular complexity index is 459. The molecule has 7 nitrogen and oxygen atoms in total. The number of carboxylic acids is 2. The molecule has 1 saturated heterocycles. The van der Waals surface area contributed by atoms with E-state index in [0.717, 1.165) is 0 Å². The molecule has 3 rings (SSSR count). The van der Waals surface area contributed by atoms with E-state index in [0.29, 0.717) is 0 Å². The number of hydrogen-bond donors (Lipinski definition) is 2. The fourth-order valence-electron chi connectivity index (χ4n) is 3.13. The minimum Gasteiger partial charge on any atom is -0.481 e. The molecule has 2 bridgehead atoms. The Labute approximate surface area is 109 Å². The number of aliphatic carboxylic acids is 2. The summed E-state index contributed by atoms with van der Waals surface area (Å²) in [5.41, 5.74) is 0. The summed E-state index contributed by atoms with van der Waals surface area (Å²) < 4.78 is 4.65. The molecule has 0 aromatic carbocycles. The van der Waals surface area contributed by atoms with Crippen LogP contribution in [0.15, 0.2) is 12.2 Å². The van der Waals surface area contributed by atoms with Gasteiger partial charge in [-0.15, -0.1) is 0 Å². The van der Waals surface area contributed by atoms with Crippen LogP contribution in [0.2, 0.25) is 0 Å². The molecule has 104 valence electrons. The molecule has 2 N–H and O–H groups in total. The quantitative estimate of drug-likeness (QED) is 0.704. The Balaban J connectivity index is 2.45. The lowest BCUT2D eigenvalue weighted by atomic mass is 9.66. The first-order valence-electron chi connectivity index (χ1n) is 5.90. The highest BCUT2D eigenvalue weighted by Gasteiger charge is 2.56. The first-order valence-corrected chi connectivity index (χ1v) is 5.90. The summed E-state index contributed by atoms with van der Waals surface area (Å²) in [6, 6.07) is -1.19. The van der Waals surface area contributed by atoms with Gasteiger partial charge < -0.3 is 14.9 Å². The van der Waals surface area contributed by atoms with Crippen LogP contribution in [0.5, 0.6) is 0 Å². The normalized spacial score (nSPS) is 36.1. The zero-order valence-corrected chi connectivity index (χ0v) is 10.5.